The maximum absolute atomic E-state index is 10.4. The van der Waals surface area contributed by atoms with Gasteiger partial charge in [-0.1, -0.05) is 0 Å². The average molecular weight is 393 g/mol. The Balaban J connectivity index is -0.000000602. The van der Waals surface area contributed by atoms with E-state index in [1.54, 1.807) is 0 Å². The van der Waals surface area contributed by atoms with E-state index in [1.807, 2.05) is 0 Å². The minimum Gasteiger partial charge on any atom is -0.549 e. The zero-order valence-corrected chi connectivity index (χ0v) is 17.8. The summed E-state index contributed by atoms with van der Waals surface area (Å²) in [4.78, 5) is 43.4. The van der Waals surface area contributed by atoms with Gasteiger partial charge in [0.15, 0.2) is 0 Å². The van der Waals surface area contributed by atoms with E-state index in [2.05, 4.69) is 0 Å². The molecule has 0 spiro atoms. The number of carboxylic acids is 4. The molecule has 0 bridgehead atoms. The van der Waals surface area contributed by atoms with Crippen LogP contribution in [0.4, 0.5) is 0 Å². The molecule has 0 N–H and O–H groups in total. The molecule has 0 saturated heterocycles. The molecule has 0 unspecified atom stereocenters. The molecule has 0 aromatic carbocycles. The summed E-state index contributed by atoms with van der Waals surface area (Å²) in [7, 11) is 0. The van der Waals surface area contributed by atoms with Gasteiger partial charge in [0.05, 0.1) is 23.9 Å². The van der Waals surface area contributed by atoms with E-state index in [1.165, 1.54) is 0 Å². The fraction of sp³-hybridized carbons (Fsp3) is 0.600. The van der Waals surface area contributed by atoms with Gasteiger partial charge in [0, 0.05) is 56.0 Å². The van der Waals surface area contributed by atoms with Crippen molar-refractivity contribution in [3.05, 3.63) is 0 Å². The van der Waals surface area contributed by atoms with Crippen molar-refractivity contribution < 1.29 is 115 Å². The summed E-state index contributed by atoms with van der Waals surface area (Å²) in [5, 5.41) is 41.6. The van der Waals surface area contributed by atoms with Crippen LogP contribution >= 0.6 is 0 Å². The number of carboxylic acid groups (broad SMARTS) is 4. The Morgan fingerprint density at radius 2 is 0.739 bits per heavy atom. The van der Waals surface area contributed by atoms with Gasteiger partial charge in [0.25, 0.3) is 0 Å². The quantitative estimate of drug-likeness (QED) is 0.308. The van der Waals surface area contributed by atoms with Crippen molar-refractivity contribution in [3.8, 4) is 0 Å². The molecule has 0 aromatic heterocycles. The first kappa shape index (κ1) is 31.1. The molecule has 0 amide bonds. The summed E-state index contributed by atoms with van der Waals surface area (Å²) >= 11 is 0. The first-order chi connectivity index (χ1) is 9.20. The fourth-order valence-corrected chi connectivity index (χ4v) is 1.44. The van der Waals surface area contributed by atoms with E-state index in [-0.39, 0.29) is 89.0 Å². The van der Waals surface area contributed by atoms with Crippen molar-refractivity contribution in [2.24, 2.45) is 0 Å². The van der Waals surface area contributed by atoms with E-state index in [0.717, 1.165) is 9.80 Å². The summed E-state index contributed by atoms with van der Waals surface area (Å²) in [5.74, 6) is -6.12. The monoisotopic (exact) mass is 393 g/mol. The van der Waals surface area contributed by atoms with Gasteiger partial charge in [-0.25, -0.2) is 0 Å². The van der Waals surface area contributed by atoms with Crippen molar-refractivity contribution in [3.63, 3.8) is 0 Å². The van der Waals surface area contributed by atoms with E-state index in [4.69, 9.17) is 0 Å². The molecule has 0 aliphatic carbocycles. The van der Waals surface area contributed by atoms with Crippen molar-refractivity contribution >= 4 is 23.9 Å². The molecular weight excluding hydrogens is 381 g/mol. The number of hydrogen-bond donors (Lipinski definition) is 0. The molecule has 1 radical (unpaired) electrons. The summed E-state index contributed by atoms with van der Waals surface area (Å²) in [6.45, 7) is -3.25. The third-order valence-corrected chi connectivity index (χ3v) is 2.14. The first-order valence-electron chi connectivity index (χ1n) is 5.44. The Bertz CT molecular complexity index is 331. The van der Waals surface area contributed by atoms with E-state index in [9.17, 15) is 39.6 Å². The van der Waals surface area contributed by atoms with Crippen LogP contribution in [0, 0.1) is 0 Å². The molecule has 0 rings (SSSR count). The van der Waals surface area contributed by atoms with Crippen LogP contribution in [-0.2, 0) is 36.0 Å². The normalized spacial score (nSPS) is 9.30. The molecule has 0 saturated carbocycles. The Hall–Kier alpha value is 0.306. The van der Waals surface area contributed by atoms with Gasteiger partial charge in [-0.3, -0.25) is 9.80 Å². The zero-order valence-electron chi connectivity index (χ0n) is 12.7. The van der Waals surface area contributed by atoms with Crippen LogP contribution in [-0.4, -0.2) is 72.9 Å². The van der Waals surface area contributed by atoms with Crippen LogP contribution in [0.25, 0.3) is 0 Å². The Morgan fingerprint density at radius 1 is 0.565 bits per heavy atom. The van der Waals surface area contributed by atoms with Crippen LogP contribution in [0.1, 0.15) is 0 Å². The van der Waals surface area contributed by atoms with E-state index in [0.29, 0.717) is 0 Å². The second kappa shape index (κ2) is 17.1. The van der Waals surface area contributed by atoms with Gasteiger partial charge in [-0.05, 0) is 0 Å². The molecule has 0 heterocycles. The summed E-state index contributed by atoms with van der Waals surface area (Å²) in [6.07, 6.45) is 0. The third kappa shape index (κ3) is 20.3. The summed E-state index contributed by atoms with van der Waals surface area (Å²) in [5.41, 5.74) is 0. The molecule has 0 aliphatic heterocycles. The maximum Gasteiger partial charge on any atom is 1.00 e. The second-order valence-corrected chi connectivity index (χ2v) is 3.91. The van der Waals surface area contributed by atoms with Crippen LogP contribution in [0.15, 0.2) is 0 Å². The largest absolute Gasteiger partial charge is 1.00 e. The van der Waals surface area contributed by atoms with E-state index < -0.39 is 50.1 Å². The van der Waals surface area contributed by atoms with Gasteiger partial charge in [-0.15, -0.1) is 0 Å². The maximum atomic E-state index is 10.4. The third-order valence-electron chi connectivity index (χ3n) is 2.14. The Morgan fingerprint density at radius 3 is 0.870 bits per heavy atom. The van der Waals surface area contributed by atoms with Gasteiger partial charge >= 0.3 is 59.1 Å². The second-order valence-electron chi connectivity index (χ2n) is 3.91. The molecule has 0 aromatic rings. The van der Waals surface area contributed by atoms with Crippen molar-refractivity contribution in [1.82, 2.24) is 9.80 Å². The Kier molecular flexibility index (Phi) is 23.2. The molecule has 13 heteroatoms. The number of carbonyl (C=O) groups excluding carboxylic acids is 4. The van der Waals surface area contributed by atoms with Crippen LogP contribution < -0.4 is 79.5 Å². The number of carbonyl (C=O) groups is 4. The van der Waals surface area contributed by atoms with Gasteiger partial charge < -0.3 is 39.6 Å². The molecule has 123 valence electrons. The number of nitrogens with zero attached hydrogens (tertiary/aromatic N) is 2. The van der Waals surface area contributed by atoms with Gasteiger partial charge in [0.1, 0.15) is 0 Å². The molecule has 0 atom stereocenters. The van der Waals surface area contributed by atoms with Crippen molar-refractivity contribution in [2.45, 2.75) is 0 Å². The molecule has 0 aliphatic rings. The van der Waals surface area contributed by atoms with Crippen molar-refractivity contribution in [2.75, 3.05) is 39.3 Å². The van der Waals surface area contributed by atoms with Gasteiger partial charge in [0.2, 0.25) is 0 Å². The molecule has 23 heavy (non-hydrogen) atoms. The molecule has 0 fully saturated rings. The van der Waals surface area contributed by atoms with E-state index >= 15 is 0 Å². The number of aliphatic carboxylic acids is 4. The standard InChI is InChI=1S/C10H16N2O8.Co.2Na/c13-7(14)3-11(4-8(15)16)1-2-12(5-9(17)18)6-10(19)20;;;/h1-6H2,(H,13,14)(H,15,16)(H,17,18)(H,19,20);;;/q;;2*+1/p-4. The topological polar surface area (TPSA) is 167 Å². The smallest absolute Gasteiger partial charge is 0.549 e. The van der Waals surface area contributed by atoms with Crippen LogP contribution in [0.3, 0.4) is 0 Å². The van der Waals surface area contributed by atoms with Crippen LogP contribution in [0.2, 0.25) is 0 Å². The number of rotatable bonds is 11. The predicted molar refractivity (Wildman–Crippen MR) is 52.9 cm³/mol. The number of hydrogen-bond acceptors (Lipinski definition) is 10. The SMILES string of the molecule is O=C([O-])CN(CCN(CC(=O)[O-])CC(=O)[O-])CC(=O)[O-].[Co].[Na+].[Na+]. The molecular formula is C10H12CoN2Na2O8-2. The average Bonchev–Trinajstić information content (AvgIpc) is 2.22. The van der Waals surface area contributed by atoms with Crippen molar-refractivity contribution in [1.29, 1.82) is 0 Å². The predicted octanol–water partition coefficient (Wildman–Crippen LogP) is -13.4. The summed E-state index contributed by atoms with van der Waals surface area (Å²) in [6, 6.07) is 0. The first-order valence-corrected chi connectivity index (χ1v) is 5.44. The molecule has 10 nitrogen and oxygen atoms in total. The van der Waals surface area contributed by atoms with Gasteiger partial charge in [-0.2, -0.15) is 0 Å². The summed E-state index contributed by atoms with van der Waals surface area (Å²) < 4.78 is 0. The van der Waals surface area contributed by atoms with Crippen LogP contribution in [0.5, 0.6) is 0 Å². The minimum absolute atomic E-state index is 0. The Labute approximate surface area is 187 Å². The fourth-order valence-electron chi connectivity index (χ4n) is 1.44. The zero-order chi connectivity index (χ0) is 15.7. The minimum atomic E-state index is -1.53.